The number of aromatic carboxylic acids is 1. The Labute approximate surface area is 81.8 Å². The summed E-state index contributed by atoms with van der Waals surface area (Å²) in [6, 6.07) is 1.36. The van der Waals surface area contributed by atoms with Crippen LogP contribution in [0, 0.1) is 0 Å². The van der Waals surface area contributed by atoms with Crippen LogP contribution in [0.1, 0.15) is 35.8 Å². The van der Waals surface area contributed by atoms with Gasteiger partial charge in [0.05, 0.1) is 0 Å². The maximum absolute atomic E-state index is 10.6. The lowest BCUT2D eigenvalue weighted by atomic mass is 10.2. The zero-order valence-electron chi connectivity index (χ0n) is 8.10. The highest BCUT2D eigenvalue weighted by molar-refractivity contribution is 5.85. The Balaban J connectivity index is 2.98. The molecule has 14 heavy (non-hydrogen) atoms. The lowest BCUT2D eigenvalue weighted by molar-refractivity contribution is 0.0684. The van der Waals surface area contributed by atoms with E-state index in [0.29, 0.717) is 12.2 Å². The summed E-state index contributed by atoms with van der Waals surface area (Å²) >= 11 is 0. The molecule has 0 amide bonds. The van der Waals surface area contributed by atoms with Crippen LogP contribution in [0.2, 0.25) is 0 Å². The van der Waals surface area contributed by atoms with Crippen LogP contribution < -0.4 is 0 Å². The normalized spacial score (nSPS) is 12.4. The summed E-state index contributed by atoms with van der Waals surface area (Å²) in [4.78, 5) is 18.5. The number of hydrogen-bond donors (Lipinski definition) is 1. The first-order valence-electron chi connectivity index (χ1n) is 4.28. The van der Waals surface area contributed by atoms with Crippen molar-refractivity contribution in [3.8, 4) is 0 Å². The largest absolute Gasteiger partial charge is 0.477 e. The molecule has 5 nitrogen and oxygen atoms in total. The Bertz CT molecular complexity index is 324. The van der Waals surface area contributed by atoms with Crippen LogP contribution in [0.3, 0.4) is 0 Å². The number of hydrogen-bond acceptors (Lipinski definition) is 4. The average molecular weight is 196 g/mol. The molecule has 0 fully saturated rings. The van der Waals surface area contributed by atoms with Crippen LogP contribution in [0.4, 0.5) is 0 Å². The summed E-state index contributed by atoms with van der Waals surface area (Å²) in [5.41, 5.74) is -0.00880. The fourth-order valence-corrected chi connectivity index (χ4v) is 1.10. The van der Waals surface area contributed by atoms with E-state index in [9.17, 15) is 4.79 Å². The number of rotatable bonds is 4. The molecule has 0 saturated carbocycles. The predicted octanol–water partition coefficient (Wildman–Crippen LogP) is 1.27. The van der Waals surface area contributed by atoms with E-state index in [1.165, 1.54) is 12.3 Å². The first kappa shape index (κ1) is 10.6. The average Bonchev–Trinajstić information content (AvgIpc) is 2.20. The van der Waals surface area contributed by atoms with E-state index in [-0.39, 0.29) is 11.8 Å². The van der Waals surface area contributed by atoms with Crippen molar-refractivity contribution in [1.29, 1.82) is 0 Å². The van der Waals surface area contributed by atoms with Gasteiger partial charge in [-0.25, -0.2) is 14.8 Å². The summed E-state index contributed by atoms with van der Waals surface area (Å²) < 4.78 is 5.10. The van der Waals surface area contributed by atoms with Gasteiger partial charge < -0.3 is 9.84 Å². The topological polar surface area (TPSA) is 72.3 Å². The molecule has 0 aromatic carbocycles. The van der Waals surface area contributed by atoms with Gasteiger partial charge in [0.15, 0.2) is 11.5 Å². The maximum Gasteiger partial charge on any atom is 0.354 e. The molecule has 1 aromatic heterocycles. The molecule has 1 N–H and O–H groups in total. The van der Waals surface area contributed by atoms with E-state index < -0.39 is 5.97 Å². The summed E-state index contributed by atoms with van der Waals surface area (Å²) in [7, 11) is 1.55. The monoisotopic (exact) mass is 196 g/mol. The number of carboxylic acid groups (broad SMARTS) is 1. The summed E-state index contributed by atoms with van der Waals surface area (Å²) in [6.07, 6.45) is 1.89. The molecule has 1 unspecified atom stereocenters. The van der Waals surface area contributed by atoms with Gasteiger partial charge in [-0.1, -0.05) is 6.92 Å². The minimum Gasteiger partial charge on any atom is -0.477 e. The number of nitrogens with zero attached hydrogens (tertiary/aromatic N) is 2. The van der Waals surface area contributed by atoms with Crippen LogP contribution >= 0.6 is 0 Å². The lowest BCUT2D eigenvalue weighted by Gasteiger charge is -2.10. The van der Waals surface area contributed by atoms with E-state index in [0.717, 1.165) is 0 Å². The molecule has 0 aliphatic carbocycles. The third kappa shape index (κ3) is 2.26. The summed E-state index contributed by atoms with van der Waals surface area (Å²) in [5, 5.41) is 8.71. The Hall–Kier alpha value is -1.49. The Morgan fingerprint density at radius 1 is 1.71 bits per heavy atom. The zero-order chi connectivity index (χ0) is 10.6. The van der Waals surface area contributed by atoms with Crippen molar-refractivity contribution in [1.82, 2.24) is 9.97 Å². The molecule has 5 heteroatoms. The molecule has 1 aromatic rings. The van der Waals surface area contributed by atoms with Crippen molar-refractivity contribution < 1.29 is 14.6 Å². The quantitative estimate of drug-likeness (QED) is 0.785. The molecular formula is C9H12N2O3. The second-order valence-electron chi connectivity index (χ2n) is 2.74. The predicted molar refractivity (Wildman–Crippen MR) is 49.0 cm³/mol. The number of aromatic nitrogens is 2. The number of carbonyl (C=O) groups is 1. The van der Waals surface area contributed by atoms with Crippen LogP contribution in [-0.2, 0) is 4.74 Å². The summed E-state index contributed by atoms with van der Waals surface area (Å²) in [5.74, 6) is -0.644. The van der Waals surface area contributed by atoms with Gasteiger partial charge in [0.2, 0.25) is 0 Å². The molecule has 0 radical (unpaired) electrons. The Kier molecular flexibility index (Phi) is 3.53. The van der Waals surface area contributed by atoms with Gasteiger partial charge in [-0.2, -0.15) is 0 Å². The minimum absolute atomic E-state index is 0.00880. The molecular weight excluding hydrogens is 184 g/mol. The number of ether oxygens (including phenoxy) is 1. The minimum atomic E-state index is -1.06. The van der Waals surface area contributed by atoms with E-state index in [4.69, 9.17) is 9.84 Å². The smallest absolute Gasteiger partial charge is 0.354 e. The van der Waals surface area contributed by atoms with Crippen molar-refractivity contribution in [3.05, 3.63) is 23.8 Å². The first-order chi connectivity index (χ1) is 6.69. The van der Waals surface area contributed by atoms with Crippen LogP contribution in [0.5, 0.6) is 0 Å². The molecule has 1 rings (SSSR count). The van der Waals surface area contributed by atoms with Crippen molar-refractivity contribution in [2.45, 2.75) is 19.4 Å². The van der Waals surface area contributed by atoms with Crippen LogP contribution in [0.25, 0.3) is 0 Å². The Morgan fingerprint density at radius 3 is 2.93 bits per heavy atom. The van der Waals surface area contributed by atoms with Crippen molar-refractivity contribution in [2.24, 2.45) is 0 Å². The zero-order valence-corrected chi connectivity index (χ0v) is 8.10. The SMILES string of the molecule is CCC(OC)c1nccc(C(=O)O)n1. The molecule has 0 spiro atoms. The molecule has 0 aliphatic heterocycles. The molecule has 0 aliphatic rings. The third-order valence-corrected chi connectivity index (χ3v) is 1.84. The van der Waals surface area contributed by atoms with Gasteiger partial charge in [0, 0.05) is 13.3 Å². The van der Waals surface area contributed by atoms with E-state index >= 15 is 0 Å². The lowest BCUT2D eigenvalue weighted by Crippen LogP contribution is -2.09. The first-order valence-corrected chi connectivity index (χ1v) is 4.28. The van der Waals surface area contributed by atoms with Gasteiger partial charge >= 0.3 is 5.97 Å². The molecule has 0 bridgehead atoms. The van der Waals surface area contributed by atoms with Crippen molar-refractivity contribution >= 4 is 5.97 Å². The standard InChI is InChI=1S/C9H12N2O3/c1-3-7(14-2)8-10-5-4-6(11-8)9(12)13/h4-5,7H,3H2,1-2H3,(H,12,13). The molecule has 1 heterocycles. The van der Waals surface area contributed by atoms with Gasteiger partial charge in [0.25, 0.3) is 0 Å². The highest BCUT2D eigenvalue weighted by Crippen LogP contribution is 2.15. The Morgan fingerprint density at radius 2 is 2.43 bits per heavy atom. The van der Waals surface area contributed by atoms with Gasteiger partial charge in [-0.05, 0) is 12.5 Å². The number of methoxy groups -OCH3 is 1. The molecule has 76 valence electrons. The van der Waals surface area contributed by atoms with E-state index in [1.54, 1.807) is 7.11 Å². The second-order valence-corrected chi connectivity index (χ2v) is 2.74. The number of carboxylic acids is 1. The third-order valence-electron chi connectivity index (χ3n) is 1.84. The van der Waals surface area contributed by atoms with Gasteiger partial charge in [0.1, 0.15) is 6.10 Å². The highest BCUT2D eigenvalue weighted by Gasteiger charge is 2.13. The van der Waals surface area contributed by atoms with Crippen molar-refractivity contribution in [2.75, 3.05) is 7.11 Å². The van der Waals surface area contributed by atoms with Gasteiger partial charge in [-0.15, -0.1) is 0 Å². The highest BCUT2D eigenvalue weighted by atomic mass is 16.5. The fourth-order valence-electron chi connectivity index (χ4n) is 1.10. The fraction of sp³-hybridized carbons (Fsp3) is 0.444. The van der Waals surface area contributed by atoms with Crippen molar-refractivity contribution in [3.63, 3.8) is 0 Å². The van der Waals surface area contributed by atoms with E-state index in [2.05, 4.69) is 9.97 Å². The van der Waals surface area contributed by atoms with Gasteiger partial charge in [-0.3, -0.25) is 0 Å². The maximum atomic E-state index is 10.6. The molecule has 1 atom stereocenters. The van der Waals surface area contributed by atoms with E-state index in [1.807, 2.05) is 6.92 Å². The van der Waals surface area contributed by atoms with Crippen LogP contribution in [0.15, 0.2) is 12.3 Å². The van der Waals surface area contributed by atoms with Crippen LogP contribution in [-0.4, -0.2) is 28.2 Å². The second kappa shape index (κ2) is 4.66. The molecule has 0 saturated heterocycles. The summed E-state index contributed by atoms with van der Waals surface area (Å²) in [6.45, 7) is 1.92.